The number of benzene rings is 1. The first kappa shape index (κ1) is 16.5. The Kier molecular flexibility index (Phi) is 6.68. The fourth-order valence-corrected chi connectivity index (χ4v) is 3.00. The molecular weight excluding hydrogens is 260 g/mol. The number of rotatable bonds is 7. The van der Waals surface area contributed by atoms with Crippen molar-refractivity contribution in [3.63, 3.8) is 0 Å². The fraction of sp³-hybridized carbons (Fsp3) is 0.667. The zero-order chi connectivity index (χ0) is 15.1. The Morgan fingerprint density at radius 1 is 1.14 bits per heavy atom. The van der Waals surface area contributed by atoms with E-state index in [0.717, 1.165) is 12.5 Å². The van der Waals surface area contributed by atoms with Gasteiger partial charge in [0, 0.05) is 26.2 Å². The monoisotopic (exact) mass is 290 g/mol. The summed E-state index contributed by atoms with van der Waals surface area (Å²) in [6.07, 6.45) is 2.63. The van der Waals surface area contributed by atoms with Crippen molar-refractivity contribution in [3.05, 3.63) is 35.4 Å². The van der Waals surface area contributed by atoms with Gasteiger partial charge in [-0.2, -0.15) is 0 Å². The van der Waals surface area contributed by atoms with Crippen molar-refractivity contribution in [2.45, 2.75) is 45.9 Å². The van der Waals surface area contributed by atoms with Crippen molar-refractivity contribution in [3.8, 4) is 0 Å². The van der Waals surface area contributed by atoms with Crippen LogP contribution in [0.1, 0.15) is 37.8 Å². The molecule has 118 valence electrons. The predicted octanol–water partition coefficient (Wildman–Crippen LogP) is 3.04. The van der Waals surface area contributed by atoms with E-state index in [1.165, 1.54) is 43.6 Å². The van der Waals surface area contributed by atoms with Gasteiger partial charge in [-0.3, -0.25) is 4.90 Å². The van der Waals surface area contributed by atoms with Crippen LogP contribution in [0.25, 0.3) is 0 Å². The third kappa shape index (κ3) is 5.42. The van der Waals surface area contributed by atoms with Gasteiger partial charge in [0.15, 0.2) is 0 Å². The molecule has 1 heterocycles. The van der Waals surface area contributed by atoms with Crippen molar-refractivity contribution >= 4 is 0 Å². The molecule has 1 aromatic carbocycles. The predicted molar refractivity (Wildman–Crippen MR) is 88.3 cm³/mol. The Balaban J connectivity index is 1.91. The molecule has 1 aliphatic rings. The summed E-state index contributed by atoms with van der Waals surface area (Å²) in [7, 11) is 1.74. The van der Waals surface area contributed by atoms with E-state index in [1.807, 2.05) is 0 Å². The molecule has 1 fully saturated rings. The lowest BCUT2D eigenvalue weighted by Crippen LogP contribution is -2.39. The number of nitrogens with zero attached hydrogens (tertiary/aromatic N) is 1. The van der Waals surface area contributed by atoms with E-state index in [2.05, 4.69) is 48.3 Å². The molecule has 1 aromatic rings. The molecule has 3 nitrogen and oxygen atoms in total. The second kappa shape index (κ2) is 8.52. The Morgan fingerprint density at radius 2 is 1.76 bits per heavy atom. The summed E-state index contributed by atoms with van der Waals surface area (Å²) in [5.74, 6) is 0.849. The molecule has 0 aliphatic carbocycles. The summed E-state index contributed by atoms with van der Waals surface area (Å²) in [6.45, 7) is 9.95. The first-order valence-electron chi connectivity index (χ1n) is 8.20. The molecule has 1 saturated heterocycles. The van der Waals surface area contributed by atoms with Crippen molar-refractivity contribution in [1.29, 1.82) is 0 Å². The minimum Gasteiger partial charge on any atom is -0.380 e. The highest BCUT2D eigenvalue weighted by Gasteiger charge is 2.19. The molecule has 3 heteroatoms. The van der Waals surface area contributed by atoms with Crippen LogP contribution < -0.4 is 5.32 Å². The quantitative estimate of drug-likeness (QED) is 0.835. The number of piperidine rings is 1. The van der Waals surface area contributed by atoms with Crippen LogP contribution in [0.4, 0.5) is 0 Å². The topological polar surface area (TPSA) is 24.5 Å². The Hall–Kier alpha value is -0.900. The zero-order valence-corrected chi connectivity index (χ0v) is 13.8. The minimum absolute atomic E-state index is 0.596. The van der Waals surface area contributed by atoms with E-state index in [9.17, 15) is 0 Å². The lowest BCUT2D eigenvalue weighted by molar-refractivity contribution is 0.161. The summed E-state index contributed by atoms with van der Waals surface area (Å²) in [4.78, 5) is 2.61. The summed E-state index contributed by atoms with van der Waals surface area (Å²) < 4.78 is 5.17. The van der Waals surface area contributed by atoms with Gasteiger partial charge in [0.25, 0.3) is 0 Å². The lowest BCUT2D eigenvalue weighted by atomic mass is 9.96. The van der Waals surface area contributed by atoms with Gasteiger partial charge < -0.3 is 10.1 Å². The highest BCUT2D eigenvalue weighted by Crippen LogP contribution is 2.17. The molecule has 0 bridgehead atoms. The smallest absolute Gasteiger partial charge is 0.0713 e. The second-order valence-corrected chi connectivity index (χ2v) is 6.47. The molecule has 0 amide bonds. The largest absolute Gasteiger partial charge is 0.380 e. The number of hydrogen-bond donors (Lipinski definition) is 1. The van der Waals surface area contributed by atoms with Gasteiger partial charge in [-0.15, -0.1) is 0 Å². The number of ether oxygens (including phenoxy) is 1. The van der Waals surface area contributed by atoms with Crippen LogP contribution in [-0.2, 0) is 17.9 Å². The van der Waals surface area contributed by atoms with Gasteiger partial charge in [-0.1, -0.05) is 24.3 Å². The van der Waals surface area contributed by atoms with Gasteiger partial charge in [-0.05, 0) is 56.8 Å². The molecule has 0 unspecified atom stereocenters. The second-order valence-electron chi connectivity index (χ2n) is 6.47. The van der Waals surface area contributed by atoms with Crippen molar-refractivity contribution in [1.82, 2.24) is 10.2 Å². The van der Waals surface area contributed by atoms with Gasteiger partial charge in [0.05, 0.1) is 6.61 Å². The molecule has 0 spiro atoms. The summed E-state index contributed by atoms with van der Waals surface area (Å²) in [5.41, 5.74) is 2.65. The molecule has 0 aromatic heterocycles. The highest BCUT2D eigenvalue weighted by molar-refractivity contribution is 5.22. The van der Waals surface area contributed by atoms with Gasteiger partial charge >= 0.3 is 0 Å². The molecular formula is C18H30N2O. The summed E-state index contributed by atoms with van der Waals surface area (Å²) in [6, 6.07) is 9.45. The van der Waals surface area contributed by atoms with Gasteiger partial charge in [0.2, 0.25) is 0 Å². The average Bonchev–Trinajstić information content (AvgIpc) is 2.50. The van der Waals surface area contributed by atoms with E-state index in [0.29, 0.717) is 12.6 Å². The van der Waals surface area contributed by atoms with Crippen LogP contribution >= 0.6 is 0 Å². The zero-order valence-electron chi connectivity index (χ0n) is 13.8. The third-order valence-electron chi connectivity index (χ3n) is 4.40. The Morgan fingerprint density at radius 3 is 2.33 bits per heavy atom. The van der Waals surface area contributed by atoms with E-state index >= 15 is 0 Å². The average molecular weight is 290 g/mol. The van der Waals surface area contributed by atoms with Crippen LogP contribution in [0.2, 0.25) is 0 Å². The standard InChI is InChI=1S/C18H30N2O/c1-15(2)20(13-17-8-10-19-11-9-17)12-16-4-6-18(7-5-16)14-21-3/h4-7,15,17,19H,8-14H2,1-3H3. The number of hydrogen-bond acceptors (Lipinski definition) is 3. The van der Waals surface area contributed by atoms with E-state index in [4.69, 9.17) is 4.74 Å². The summed E-state index contributed by atoms with van der Waals surface area (Å²) in [5, 5.41) is 3.45. The first-order valence-corrected chi connectivity index (χ1v) is 8.20. The molecule has 2 rings (SSSR count). The summed E-state index contributed by atoms with van der Waals surface area (Å²) >= 11 is 0. The van der Waals surface area contributed by atoms with Gasteiger partial charge in [-0.25, -0.2) is 0 Å². The Labute approximate surface area is 129 Å². The van der Waals surface area contributed by atoms with Crippen molar-refractivity contribution < 1.29 is 4.74 Å². The van der Waals surface area contributed by atoms with Crippen LogP contribution in [0.3, 0.4) is 0 Å². The normalized spacial score (nSPS) is 16.8. The van der Waals surface area contributed by atoms with Crippen LogP contribution in [0, 0.1) is 5.92 Å². The molecule has 0 atom stereocenters. The maximum atomic E-state index is 5.17. The maximum absolute atomic E-state index is 5.17. The molecule has 0 radical (unpaired) electrons. The van der Waals surface area contributed by atoms with Gasteiger partial charge in [0.1, 0.15) is 0 Å². The van der Waals surface area contributed by atoms with E-state index < -0.39 is 0 Å². The molecule has 0 saturated carbocycles. The van der Waals surface area contributed by atoms with Crippen LogP contribution in [0.5, 0.6) is 0 Å². The highest BCUT2D eigenvalue weighted by atomic mass is 16.5. The number of nitrogens with one attached hydrogen (secondary N) is 1. The lowest BCUT2D eigenvalue weighted by Gasteiger charge is -2.32. The molecule has 1 aliphatic heterocycles. The van der Waals surface area contributed by atoms with Crippen molar-refractivity contribution in [2.24, 2.45) is 5.92 Å². The maximum Gasteiger partial charge on any atom is 0.0713 e. The fourth-order valence-electron chi connectivity index (χ4n) is 3.00. The van der Waals surface area contributed by atoms with Crippen LogP contribution in [-0.4, -0.2) is 37.7 Å². The Bertz CT molecular complexity index is 396. The minimum atomic E-state index is 0.596. The SMILES string of the molecule is COCc1ccc(CN(CC2CCNCC2)C(C)C)cc1. The first-order chi connectivity index (χ1) is 10.2. The number of methoxy groups -OCH3 is 1. The third-order valence-corrected chi connectivity index (χ3v) is 4.40. The molecule has 21 heavy (non-hydrogen) atoms. The van der Waals surface area contributed by atoms with E-state index in [-0.39, 0.29) is 0 Å². The van der Waals surface area contributed by atoms with E-state index in [1.54, 1.807) is 7.11 Å². The van der Waals surface area contributed by atoms with Crippen molar-refractivity contribution in [2.75, 3.05) is 26.7 Å². The molecule has 1 N–H and O–H groups in total. The van der Waals surface area contributed by atoms with Crippen LogP contribution in [0.15, 0.2) is 24.3 Å².